The molecule has 6 N–H and O–H groups in total. The molecule has 0 unspecified atom stereocenters. The number of nitrogen functional groups attached to an aromatic ring is 1. The lowest BCUT2D eigenvalue weighted by Crippen LogP contribution is -2.51. The van der Waals surface area contributed by atoms with Crippen LogP contribution < -0.4 is 22.4 Å². The SMILES string of the molecule is C#CC#CC#CC#CC#CC#CC#CC#CC#CC#CC#CC#CC#CC#CC.C[C@@H]1CCC[C@H](C)N1CC(=O)N[C@@H](CCc1ccccc1)C(=O)CCc1ccc2c(N)nccc2c1.NN=NN[N+](=O)[O-].[HH].[HH].[HH].[HH].[HH].[HH].[HH].[HH].[HH].[HH].[HH].[HH].[HH].[HH].[HH].[HH]. The molecule has 13 nitrogen and oxygen atoms in total. The van der Waals surface area contributed by atoms with Crippen LogP contribution in [0.1, 0.15) is 86.8 Å². The molecular formula is C59H77N9O4. The number of piperidine rings is 1. The Labute approximate surface area is 446 Å². The van der Waals surface area contributed by atoms with Gasteiger partial charge in [-0.1, -0.05) is 60.9 Å². The number of aryl methyl sites for hydroxylation is 2. The van der Waals surface area contributed by atoms with E-state index in [1.165, 1.54) is 17.5 Å². The highest BCUT2D eigenvalue weighted by Crippen LogP contribution is 2.23. The molecule has 0 bridgehead atoms. The summed E-state index contributed by atoms with van der Waals surface area (Å²) in [4.78, 5) is 42.1. The van der Waals surface area contributed by atoms with Gasteiger partial charge in [0.05, 0.1) is 22.8 Å². The number of carbonyl (C=O) groups excluding carboxylic acids is 2. The molecule has 3 aromatic rings. The summed E-state index contributed by atoms with van der Waals surface area (Å²) in [5, 5.41) is 18.6. The minimum Gasteiger partial charge on any atom is -0.383 e. The molecule has 1 amide bonds. The first-order valence-corrected chi connectivity index (χ1v) is 21.7. The maximum Gasteiger partial charge on any atom is 0.234 e. The van der Waals surface area contributed by atoms with Crippen LogP contribution in [0.25, 0.3) is 10.8 Å². The fourth-order valence-electron chi connectivity index (χ4n) is 6.19. The van der Waals surface area contributed by atoms with Gasteiger partial charge in [-0.05, 0) is 170 Å². The van der Waals surface area contributed by atoms with Crippen molar-refractivity contribution in [2.24, 2.45) is 16.3 Å². The summed E-state index contributed by atoms with van der Waals surface area (Å²) in [7, 11) is 0. The van der Waals surface area contributed by atoms with E-state index in [1.54, 1.807) is 13.1 Å². The summed E-state index contributed by atoms with van der Waals surface area (Å²) in [6.07, 6.45) is 12.4. The number of hydrogen-bond acceptors (Lipinski definition) is 9. The second kappa shape index (κ2) is 37.3. The van der Waals surface area contributed by atoms with Crippen LogP contribution >= 0.6 is 0 Å². The van der Waals surface area contributed by atoms with Crippen molar-refractivity contribution in [3.63, 3.8) is 0 Å². The number of benzene rings is 2. The zero-order valence-corrected chi connectivity index (χ0v) is 39.8. The number of carbonyl (C=O) groups is 2. The number of hydrogen-bond donors (Lipinski definition) is 4. The van der Waals surface area contributed by atoms with Crippen LogP contribution in [0.4, 0.5) is 5.82 Å². The third-order valence-electron chi connectivity index (χ3n) is 9.39. The molecule has 1 saturated heterocycles. The predicted molar refractivity (Wildman–Crippen MR) is 314 cm³/mol. The van der Waals surface area contributed by atoms with Crippen molar-refractivity contribution < 1.29 is 37.4 Å². The molecule has 4 rings (SSSR count). The van der Waals surface area contributed by atoms with E-state index in [0.29, 0.717) is 43.7 Å². The molecule has 382 valence electrons. The standard InChI is InChI=1S/C30H38N4O2.C29H4.H3N5O2.16H2/c1-21-7-6-8-22(2)34(21)20-29(36)33-27(15-12-23-9-4-3-5-10-23)28(35)16-13-24-11-14-26-25(19-24)17-18-32-30(26)31;1-3-5-7-9-11-13-15-17-19-21-23-25-27-29-28-26-24-22-20-18-16-14-12-10-8-6-4-2;1-2-3-4-5(6)7;;;;;;;;;;;;;;;;/h3-5,9-11,14,17-19,21-22,27H,6-8,12-13,15-16,20H2,1-2H3,(H2,31,32)(H,33,36);1H,2H3;(H2,1,3)(H,2,4);16*1H/t21-,22+,27-;;;;;;;;;;;;;;;;;;/m0................../s1. The Balaban J connectivity index is -0.0000000729. The fourth-order valence-corrected chi connectivity index (χ4v) is 6.19. The van der Waals surface area contributed by atoms with Crippen molar-refractivity contribution in [2.45, 2.75) is 83.8 Å². The number of likely N-dealkylation sites (tertiary alicyclic amines) is 1. The minimum absolute atomic E-state index is 0. The highest BCUT2D eigenvalue weighted by atomic mass is 16.7. The minimum atomic E-state index is -0.879. The number of amides is 1. The van der Waals surface area contributed by atoms with E-state index in [0.717, 1.165) is 35.6 Å². The Bertz CT molecular complexity index is 3420. The van der Waals surface area contributed by atoms with Crippen molar-refractivity contribution in [1.29, 1.82) is 0 Å². The lowest BCUT2D eigenvalue weighted by atomic mass is 9.96. The lowest BCUT2D eigenvalue weighted by molar-refractivity contribution is -0.546. The molecule has 1 aliphatic rings. The predicted octanol–water partition coefficient (Wildman–Crippen LogP) is 8.33. The topological polar surface area (TPSA) is 194 Å². The van der Waals surface area contributed by atoms with E-state index in [1.807, 2.05) is 36.4 Å². The molecule has 0 aliphatic carbocycles. The Morgan fingerprint density at radius 1 is 0.764 bits per heavy atom. The monoisotopic (exact) mass is 976 g/mol. The number of nitrogens with one attached hydrogen (secondary N) is 2. The highest BCUT2D eigenvalue weighted by molar-refractivity contribution is 5.92. The van der Waals surface area contributed by atoms with E-state index in [-0.39, 0.29) is 34.5 Å². The number of nitrogens with two attached hydrogens (primary N) is 2. The van der Waals surface area contributed by atoms with Gasteiger partial charge in [0.15, 0.2) is 11.0 Å². The fraction of sp³-hybridized carbons (Fsp3) is 0.237. The number of hydrazine groups is 1. The van der Waals surface area contributed by atoms with Gasteiger partial charge in [-0.25, -0.2) is 4.98 Å². The number of nitrogens with zero attached hydrogens (tertiary/aromatic N) is 5. The molecule has 3 atom stereocenters. The third kappa shape index (κ3) is 27.0. The summed E-state index contributed by atoms with van der Waals surface area (Å²) in [6.45, 7) is 6.41. The summed E-state index contributed by atoms with van der Waals surface area (Å²) in [5.74, 6) is 71.8. The number of rotatable bonds is 12. The molecule has 72 heavy (non-hydrogen) atoms. The zero-order chi connectivity index (χ0) is 52.3. The van der Waals surface area contributed by atoms with Crippen molar-refractivity contribution >= 4 is 28.3 Å². The number of anilines is 1. The van der Waals surface area contributed by atoms with Crippen LogP contribution in [0.2, 0.25) is 0 Å². The molecule has 0 saturated carbocycles. The summed E-state index contributed by atoms with van der Waals surface area (Å²) in [5.41, 5.74) is 9.57. The summed E-state index contributed by atoms with van der Waals surface area (Å²) >= 11 is 0. The van der Waals surface area contributed by atoms with Gasteiger partial charge in [0.1, 0.15) is 5.82 Å². The number of aromatic nitrogens is 1. The molecule has 0 radical (unpaired) electrons. The van der Waals surface area contributed by atoms with Crippen LogP contribution in [0.3, 0.4) is 0 Å². The van der Waals surface area contributed by atoms with Gasteiger partial charge in [0, 0.05) is 118 Å². The van der Waals surface area contributed by atoms with E-state index in [2.05, 4.69) is 223 Å². The van der Waals surface area contributed by atoms with Gasteiger partial charge in [-0.15, -0.1) is 6.42 Å². The Kier molecular flexibility index (Phi) is 29.7. The average Bonchev–Trinajstić information content (AvgIpc) is 3.38. The Morgan fingerprint density at radius 2 is 1.26 bits per heavy atom. The molecule has 2 heterocycles. The Morgan fingerprint density at radius 3 is 1.72 bits per heavy atom. The quantitative estimate of drug-likeness (QED) is 0.0454. The number of pyridine rings is 1. The molecule has 2 aromatic carbocycles. The van der Waals surface area contributed by atoms with Gasteiger partial charge < -0.3 is 21.2 Å². The van der Waals surface area contributed by atoms with Crippen LogP contribution in [-0.2, 0) is 22.4 Å². The van der Waals surface area contributed by atoms with Gasteiger partial charge in [-0.3, -0.25) is 20.3 Å². The van der Waals surface area contributed by atoms with Gasteiger partial charge >= 0.3 is 0 Å². The molecule has 13 heteroatoms. The smallest absolute Gasteiger partial charge is 0.234 e. The number of Topliss-reactive ketones (excluding diaryl/α,β-unsaturated/α-hetero) is 1. The third-order valence-corrected chi connectivity index (χ3v) is 9.39. The van der Waals surface area contributed by atoms with E-state index in [9.17, 15) is 19.7 Å². The van der Waals surface area contributed by atoms with Crippen LogP contribution in [0, 0.1) is 176 Å². The molecule has 0 spiro atoms. The first kappa shape index (κ1) is 57.3. The maximum atomic E-state index is 13.4. The lowest BCUT2D eigenvalue weighted by Gasteiger charge is -2.38. The highest BCUT2D eigenvalue weighted by Gasteiger charge is 2.28. The first-order chi connectivity index (χ1) is 35.1. The second-order valence-electron chi connectivity index (χ2n) is 14.3. The first-order valence-electron chi connectivity index (χ1n) is 21.7. The van der Waals surface area contributed by atoms with Gasteiger partial charge in [0.25, 0.3) is 0 Å². The number of ketones is 1. The molecule has 1 fully saturated rings. The van der Waals surface area contributed by atoms with E-state index in [4.69, 9.17) is 12.2 Å². The summed E-state index contributed by atoms with van der Waals surface area (Å²) < 4.78 is 0. The zero-order valence-electron chi connectivity index (χ0n) is 39.8. The van der Waals surface area contributed by atoms with Crippen molar-refractivity contribution in [1.82, 2.24) is 20.7 Å². The van der Waals surface area contributed by atoms with Gasteiger partial charge in [-0.2, -0.15) is 0 Å². The second-order valence-corrected chi connectivity index (χ2v) is 14.3. The maximum absolute atomic E-state index is 13.4. The molecular weight excluding hydrogens is 899 g/mol. The van der Waals surface area contributed by atoms with Crippen LogP contribution in [0.15, 0.2) is 71.2 Å². The van der Waals surface area contributed by atoms with Crippen molar-refractivity contribution in [3.05, 3.63) is 82.0 Å². The van der Waals surface area contributed by atoms with E-state index < -0.39 is 11.1 Å². The van der Waals surface area contributed by atoms with Gasteiger partial charge in [0.2, 0.25) is 5.91 Å². The molecule has 1 aromatic heterocycles. The molecule has 1 aliphatic heterocycles. The van der Waals surface area contributed by atoms with E-state index >= 15 is 0 Å². The van der Waals surface area contributed by atoms with Crippen LogP contribution in [0.5, 0.6) is 0 Å². The average molecular weight is 976 g/mol. The number of terminal acetylenes is 1. The Hall–Kier alpha value is -10.8. The number of fused-ring (bicyclic) bond motifs is 1. The largest absolute Gasteiger partial charge is 0.383 e. The number of nitro groups is 1. The van der Waals surface area contributed by atoms with Crippen molar-refractivity contribution in [2.75, 3.05) is 12.3 Å². The normalized spacial score (nSPS) is 12.0. The van der Waals surface area contributed by atoms with Crippen LogP contribution in [-0.4, -0.2) is 51.3 Å². The van der Waals surface area contributed by atoms with Crippen molar-refractivity contribution in [3.8, 4) is 166 Å². The summed E-state index contributed by atoms with van der Waals surface area (Å²) in [6, 6.07) is 18.4.